The predicted molar refractivity (Wildman–Crippen MR) is 90.6 cm³/mol. The van der Waals surface area contributed by atoms with Crippen LogP contribution < -0.4 is 5.32 Å². The molecule has 1 nitrogen and oxygen atoms in total. The maximum absolute atomic E-state index is 14.4. The summed E-state index contributed by atoms with van der Waals surface area (Å²) < 4.78 is 15.6. The van der Waals surface area contributed by atoms with E-state index in [1.54, 1.807) is 6.07 Å². The van der Waals surface area contributed by atoms with Gasteiger partial charge in [0.1, 0.15) is 5.82 Å². The molecule has 1 N–H and O–H groups in total. The second-order valence-corrected chi connectivity index (χ2v) is 6.27. The summed E-state index contributed by atoms with van der Waals surface area (Å²) in [4.78, 5) is 0. The zero-order chi connectivity index (χ0) is 14.7. The van der Waals surface area contributed by atoms with Gasteiger partial charge in [-0.25, -0.2) is 4.39 Å². The smallest absolute Gasteiger partial charge is 0.128 e. The first-order chi connectivity index (χ1) is 9.52. The highest BCUT2D eigenvalue weighted by Gasteiger charge is 2.19. The topological polar surface area (TPSA) is 12.0 Å². The number of hydrogen-bond acceptors (Lipinski definition) is 1. The Morgan fingerprint density at radius 1 is 1.15 bits per heavy atom. The van der Waals surface area contributed by atoms with Gasteiger partial charge in [0.05, 0.1) is 6.04 Å². The molecule has 1 atom stereocenters. The lowest BCUT2D eigenvalue weighted by Gasteiger charge is -2.22. The van der Waals surface area contributed by atoms with Gasteiger partial charge in [-0.15, -0.1) is 0 Å². The summed E-state index contributed by atoms with van der Waals surface area (Å²) in [6.45, 7) is 6.74. The van der Waals surface area contributed by atoms with E-state index in [4.69, 9.17) is 0 Å². The maximum Gasteiger partial charge on any atom is 0.128 e. The summed E-state index contributed by atoms with van der Waals surface area (Å²) in [7, 11) is 0. The molecule has 0 aliphatic rings. The third-order valence-corrected chi connectivity index (χ3v) is 4.10. The molecule has 0 spiro atoms. The Morgan fingerprint density at radius 2 is 1.80 bits per heavy atom. The van der Waals surface area contributed by atoms with Crippen molar-refractivity contribution < 1.29 is 4.39 Å². The third-order valence-electron chi connectivity index (χ3n) is 3.38. The Morgan fingerprint density at radius 3 is 2.35 bits per heavy atom. The lowest BCUT2D eigenvalue weighted by atomic mass is 9.93. The van der Waals surface area contributed by atoms with Gasteiger partial charge in [-0.1, -0.05) is 25.1 Å². The summed E-state index contributed by atoms with van der Waals surface area (Å²) in [5.41, 5.74) is 3.80. The SMILES string of the molecule is CCNC(c1ccc(I)cc1)c1c(C)cc(C)cc1F. The second kappa shape index (κ2) is 6.68. The van der Waals surface area contributed by atoms with E-state index >= 15 is 0 Å². The lowest BCUT2D eigenvalue weighted by molar-refractivity contribution is 0.555. The number of rotatable bonds is 4. The lowest BCUT2D eigenvalue weighted by Crippen LogP contribution is -2.24. The van der Waals surface area contributed by atoms with E-state index in [9.17, 15) is 4.39 Å². The maximum atomic E-state index is 14.4. The van der Waals surface area contributed by atoms with Gasteiger partial charge in [0, 0.05) is 9.13 Å². The van der Waals surface area contributed by atoms with Crippen molar-refractivity contribution in [2.45, 2.75) is 26.8 Å². The van der Waals surface area contributed by atoms with Crippen LogP contribution >= 0.6 is 22.6 Å². The first-order valence-electron chi connectivity index (χ1n) is 6.78. The first-order valence-corrected chi connectivity index (χ1v) is 7.86. The van der Waals surface area contributed by atoms with Crippen LogP contribution in [0.3, 0.4) is 0 Å². The van der Waals surface area contributed by atoms with Crippen molar-refractivity contribution in [1.29, 1.82) is 0 Å². The Bertz CT molecular complexity index is 569. The van der Waals surface area contributed by atoms with Crippen molar-refractivity contribution in [3.05, 3.63) is 68.0 Å². The Balaban J connectivity index is 2.51. The van der Waals surface area contributed by atoms with Crippen LogP contribution in [0.1, 0.15) is 35.2 Å². The molecule has 106 valence electrons. The largest absolute Gasteiger partial charge is 0.306 e. The minimum absolute atomic E-state index is 0.0994. The van der Waals surface area contributed by atoms with Crippen molar-refractivity contribution >= 4 is 22.6 Å². The number of nitrogens with one attached hydrogen (secondary N) is 1. The second-order valence-electron chi connectivity index (χ2n) is 5.02. The molecule has 2 rings (SSSR count). The summed E-state index contributed by atoms with van der Waals surface area (Å²) in [6, 6.07) is 11.8. The summed E-state index contributed by atoms with van der Waals surface area (Å²) in [6.07, 6.45) is 0. The van der Waals surface area contributed by atoms with Crippen molar-refractivity contribution in [3.63, 3.8) is 0 Å². The van der Waals surface area contributed by atoms with Crippen LogP contribution in [0.15, 0.2) is 36.4 Å². The molecule has 0 saturated carbocycles. The fourth-order valence-electron chi connectivity index (χ4n) is 2.54. The number of halogens is 2. The van der Waals surface area contributed by atoms with Crippen LogP contribution in [0.5, 0.6) is 0 Å². The van der Waals surface area contributed by atoms with Gasteiger partial charge in [-0.05, 0) is 77.9 Å². The highest BCUT2D eigenvalue weighted by Crippen LogP contribution is 2.28. The van der Waals surface area contributed by atoms with E-state index in [1.165, 1.54) is 3.57 Å². The van der Waals surface area contributed by atoms with Crippen LogP contribution in [0.2, 0.25) is 0 Å². The molecule has 0 aliphatic carbocycles. The number of benzene rings is 2. The van der Waals surface area contributed by atoms with Gasteiger partial charge < -0.3 is 5.32 Å². The molecule has 2 aromatic rings. The summed E-state index contributed by atoms with van der Waals surface area (Å²) in [5.74, 6) is -0.132. The van der Waals surface area contributed by atoms with E-state index in [1.807, 2.05) is 26.8 Å². The molecule has 0 fully saturated rings. The van der Waals surface area contributed by atoms with Crippen LogP contribution in [-0.2, 0) is 0 Å². The van der Waals surface area contributed by atoms with E-state index in [0.29, 0.717) is 0 Å². The average molecular weight is 383 g/mol. The molecule has 0 aliphatic heterocycles. The van der Waals surface area contributed by atoms with Crippen LogP contribution in [-0.4, -0.2) is 6.54 Å². The molecular weight excluding hydrogens is 364 g/mol. The quantitative estimate of drug-likeness (QED) is 0.752. The number of hydrogen-bond donors (Lipinski definition) is 1. The molecule has 2 aromatic carbocycles. The van der Waals surface area contributed by atoms with Crippen molar-refractivity contribution in [2.75, 3.05) is 6.54 Å². The van der Waals surface area contributed by atoms with E-state index in [-0.39, 0.29) is 11.9 Å². The van der Waals surface area contributed by atoms with Gasteiger partial charge in [0.25, 0.3) is 0 Å². The van der Waals surface area contributed by atoms with Crippen molar-refractivity contribution in [3.8, 4) is 0 Å². The van der Waals surface area contributed by atoms with Crippen molar-refractivity contribution in [2.24, 2.45) is 0 Å². The van der Waals surface area contributed by atoms with Crippen LogP contribution in [0.25, 0.3) is 0 Å². The van der Waals surface area contributed by atoms with E-state index in [2.05, 4.69) is 52.2 Å². The molecule has 0 saturated heterocycles. The first kappa shape index (κ1) is 15.4. The molecule has 3 heteroatoms. The molecular formula is C17H19FIN. The normalized spacial score (nSPS) is 12.4. The van der Waals surface area contributed by atoms with Crippen LogP contribution in [0.4, 0.5) is 4.39 Å². The minimum atomic E-state index is -0.132. The molecule has 0 bridgehead atoms. The predicted octanol–water partition coefficient (Wildman–Crippen LogP) is 4.75. The van der Waals surface area contributed by atoms with Gasteiger partial charge in [0.15, 0.2) is 0 Å². The Hall–Kier alpha value is -0.940. The van der Waals surface area contributed by atoms with Gasteiger partial charge in [0.2, 0.25) is 0 Å². The summed E-state index contributed by atoms with van der Waals surface area (Å²) >= 11 is 2.28. The van der Waals surface area contributed by atoms with Gasteiger partial charge in [-0.3, -0.25) is 0 Å². The Labute approximate surface area is 133 Å². The zero-order valence-electron chi connectivity index (χ0n) is 12.0. The molecule has 20 heavy (non-hydrogen) atoms. The molecule has 0 amide bonds. The van der Waals surface area contributed by atoms with E-state index < -0.39 is 0 Å². The highest BCUT2D eigenvalue weighted by atomic mass is 127. The zero-order valence-corrected chi connectivity index (χ0v) is 14.2. The summed E-state index contributed by atoms with van der Waals surface area (Å²) in [5, 5.41) is 3.39. The monoisotopic (exact) mass is 383 g/mol. The highest BCUT2D eigenvalue weighted by molar-refractivity contribution is 14.1. The number of aryl methyl sites for hydroxylation is 2. The minimum Gasteiger partial charge on any atom is -0.306 e. The molecule has 0 heterocycles. The standard InChI is InChI=1S/C17H19FIN/c1-4-20-17(13-5-7-14(19)8-6-13)16-12(3)9-11(2)10-15(16)18/h5-10,17,20H,4H2,1-3H3. The fraction of sp³-hybridized carbons (Fsp3) is 0.294. The third kappa shape index (κ3) is 3.38. The average Bonchev–Trinajstić information content (AvgIpc) is 2.37. The molecule has 0 aromatic heterocycles. The molecule has 1 unspecified atom stereocenters. The van der Waals surface area contributed by atoms with Gasteiger partial charge >= 0.3 is 0 Å². The Kier molecular flexibility index (Phi) is 5.16. The van der Waals surface area contributed by atoms with Crippen LogP contribution in [0, 0.1) is 23.2 Å². The fourth-order valence-corrected chi connectivity index (χ4v) is 2.90. The van der Waals surface area contributed by atoms with Gasteiger partial charge in [-0.2, -0.15) is 0 Å². The van der Waals surface area contributed by atoms with Crippen molar-refractivity contribution in [1.82, 2.24) is 5.32 Å². The van der Waals surface area contributed by atoms with E-state index in [0.717, 1.165) is 28.8 Å². The molecule has 0 radical (unpaired) electrons.